The van der Waals surface area contributed by atoms with E-state index >= 15 is 0 Å². The standard InChI is InChI=1S/C23H24FN5/c1-16-14-18(24)9-8-17(16)15-28(3)19-10-12-29(13-11-19)23-21-7-5-4-6-20(21)22(25-2)26-27-23/h4-9,14,19H,10-13,15H2,1,3H3. The molecule has 1 fully saturated rings. The van der Waals surface area contributed by atoms with Crippen LogP contribution in [0.15, 0.2) is 42.5 Å². The molecule has 1 aromatic heterocycles. The number of fused-ring (bicyclic) bond motifs is 1. The van der Waals surface area contributed by atoms with Gasteiger partial charge in [-0.2, -0.15) is 0 Å². The van der Waals surface area contributed by atoms with Crippen LogP contribution in [-0.2, 0) is 6.54 Å². The summed E-state index contributed by atoms with van der Waals surface area (Å²) in [6, 6.07) is 13.4. The molecular formula is C23H24FN5. The van der Waals surface area contributed by atoms with Crippen LogP contribution in [0.3, 0.4) is 0 Å². The van der Waals surface area contributed by atoms with Crippen molar-refractivity contribution in [1.29, 1.82) is 0 Å². The van der Waals surface area contributed by atoms with Crippen LogP contribution >= 0.6 is 0 Å². The molecule has 0 bridgehead atoms. The van der Waals surface area contributed by atoms with Crippen molar-refractivity contribution in [2.75, 3.05) is 25.0 Å². The van der Waals surface area contributed by atoms with Crippen LogP contribution in [0.5, 0.6) is 0 Å². The van der Waals surface area contributed by atoms with E-state index in [4.69, 9.17) is 6.57 Å². The molecule has 0 unspecified atom stereocenters. The van der Waals surface area contributed by atoms with Gasteiger partial charge in [0.05, 0.1) is 0 Å². The smallest absolute Gasteiger partial charge is 0.304 e. The number of rotatable bonds is 4. The van der Waals surface area contributed by atoms with Crippen LogP contribution in [0.25, 0.3) is 15.6 Å². The molecule has 2 aromatic carbocycles. The SMILES string of the molecule is [C-]#[N+]c1nnc(N2CCC(N(C)Cc3ccc(F)cc3C)CC2)c2ccccc12. The van der Waals surface area contributed by atoms with Gasteiger partial charge in [-0.25, -0.2) is 4.39 Å². The Morgan fingerprint density at radius 2 is 1.86 bits per heavy atom. The summed E-state index contributed by atoms with van der Waals surface area (Å²) in [6.07, 6.45) is 2.05. The van der Waals surface area contributed by atoms with Crippen LogP contribution in [0.2, 0.25) is 0 Å². The summed E-state index contributed by atoms with van der Waals surface area (Å²) in [5.74, 6) is 1.04. The van der Waals surface area contributed by atoms with E-state index in [1.54, 1.807) is 6.07 Å². The Morgan fingerprint density at radius 3 is 2.55 bits per heavy atom. The molecule has 0 N–H and O–H groups in total. The Labute approximate surface area is 170 Å². The molecule has 0 aliphatic carbocycles. The van der Waals surface area contributed by atoms with Gasteiger partial charge in [-0.15, -0.1) is 0 Å². The van der Waals surface area contributed by atoms with Crippen LogP contribution < -0.4 is 4.90 Å². The highest BCUT2D eigenvalue weighted by Crippen LogP contribution is 2.31. The molecular weight excluding hydrogens is 365 g/mol. The Kier molecular flexibility index (Phi) is 5.41. The first-order chi connectivity index (χ1) is 14.1. The number of aryl methyl sites for hydroxylation is 1. The topological polar surface area (TPSA) is 36.6 Å². The number of hydrogen-bond donors (Lipinski definition) is 0. The van der Waals surface area contributed by atoms with Gasteiger partial charge in [0, 0.05) is 41.5 Å². The number of halogens is 1. The van der Waals surface area contributed by atoms with Crippen molar-refractivity contribution < 1.29 is 4.39 Å². The van der Waals surface area contributed by atoms with Crippen molar-refractivity contribution in [3.05, 3.63) is 70.8 Å². The predicted octanol–water partition coefficient (Wildman–Crippen LogP) is 4.73. The summed E-state index contributed by atoms with van der Waals surface area (Å²) in [5, 5.41) is 10.4. The molecule has 0 spiro atoms. The minimum absolute atomic E-state index is 0.181. The molecule has 0 saturated carbocycles. The summed E-state index contributed by atoms with van der Waals surface area (Å²) in [4.78, 5) is 8.14. The lowest BCUT2D eigenvalue weighted by Gasteiger charge is -2.37. The third-order valence-electron chi connectivity index (χ3n) is 5.87. The first-order valence-electron chi connectivity index (χ1n) is 9.90. The number of anilines is 1. The van der Waals surface area contributed by atoms with Crippen LogP contribution in [0, 0.1) is 19.3 Å². The first kappa shape index (κ1) is 19.3. The number of benzene rings is 2. The van der Waals surface area contributed by atoms with E-state index < -0.39 is 0 Å². The highest BCUT2D eigenvalue weighted by Gasteiger charge is 2.25. The Balaban J connectivity index is 1.46. The van der Waals surface area contributed by atoms with Crippen LogP contribution in [-0.4, -0.2) is 41.3 Å². The molecule has 1 aliphatic rings. The normalized spacial score (nSPS) is 15.1. The summed E-state index contributed by atoms with van der Waals surface area (Å²) in [7, 11) is 2.14. The minimum Gasteiger partial charge on any atom is -0.358 e. The van der Waals surface area contributed by atoms with Gasteiger partial charge in [0.2, 0.25) is 0 Å². The highest BCUT2D eigenvalue weighted by atomic mass is 19.1. The van der Waals surface area contributed by atoms with E-state index in [1.807, 2.05) is 37.3 Å². The number of piperidine rings is 1. The van der Waals surface area contributed by atoms with Crippen molar-refractivity contribution >= 4 is 22.4 Å². The number of hydrogen-bond acceptors (Lipinski definition) is 4. The Morgan fingerprint density at radius 1 is 1.14 bits per heavy atom. The molecule has 0 amide bonds. The van der Waals surface area contributed by atoms with Crippen molar-refractivity contribution in [3.63, 3.8) is 0 Å². The average Bonchev–Trinajstić information content (AvgIpc) is 2.75. The molecule has 6 heteroatoms. The molecule has 29 heavy (non-hydrogen) atoms. The van der Waals surface area contributed by atoms with E-state index in [2.05, 4.69) is 31.9 Å². The second-order valence-corrected chi connectivity index (χ2v) is 7.71. The monoisotopic (exact) mass is 389 g/mol. The van der Waals surface area contributed by atoms with Crippen molar-refractivity contribution in [2.24, 2.45) is 0 Å². The molecule has 3 aromatic rings. The highest BCUT2D eigenvalue weighted by molar-refractivity contribution is 5.98. The van der Waals surface area contributed by atoms with Crippen molar-refractivity contribution in [1.82, 2.24) is 15.1 Å². The predicted molar refractivity (Wildman–Crippen MR) is 114 cm³/mol. The maximum Gasteiger partial charge on any atom is 0.304 e. The summed E-state index contributed by atoms with van der Waals surface area (Å²) in [5.41, 5.74) is 2.17. The van der Waals surface area contributed by atoms with E-state index in [0.717, 1.165) is 54.6 Å². The lowest BCUT2D eigenvalue weighted by Crippen LogP contribution is -2.43. The van der Waals surface area contributed by atoms with Gasteiger partial charge in [-0.1, -0.05) is 36.9 Å². The first-order valence-corrected chi connectivity index (χ1v) is 9.90. The van der Waals surface area contributed by atoms with Gasteiger partial charge in [-0.3, -0.25) is 4.90 Å². The maximum absolute atomic E-state index is 13.4. The fraction of sp³-hybridized carbons (Fsp3) is 0.348. The second-order valence-electron chi connectivity index (χ2n) is 7.71. The zero-order valence-electron chi connectivity index (χ0n) is 16.8. The molecule has 5 nitrogen and oxygen atoms in total. The van der Waals surface area contributed by atoms with Crippen LogP contribution in [0.1, 0.15) is 24.0 Å². The molecule has 148 valence electrons. The minimum atomic E-state index is -0.181. The van der Waals surface area contributed by atoms with Crippen LogP contribution in [0.4, 0.5) is 16.0 Å². The van der Waals surface area contributed by atoms with E-state index in [0.29, 0.717) is 11.9 Å². The molecule has 4 rings (SSSR count). The van der Waals surface area contributed by atoms with Gasteiger partial charge >= 0.3 is 5.82 Å². The second kappa shape index (κ2) is 8.14. The number of aromatic nitrogens is 2. The maximum atomic E-state index is 13.4. The van der Waals surface area contributed by atoms with Gasteiger partial charge in [-0.05, 0) is 55.2 Å². The van der Waals surface area contributed by atoms with Gasteiger partial charge in [0.25, 0.3) is 0 Å². The largest absolute Gasteiger partial charge is 0.358 e. The molecule has 0 radical (unpaired) electrons. The average molecular weight is 389 g/mol. The molecule has 1 aliphatic heterocycles. The molecule has 1 saturated heterocycles. The summed E-state index contributed by atoms with van der Waals surface area (Å²) < 4.78 is 13.4. The summed E-state index contributed by atoms with van der Waals surface area (Å²) >= 11 is 0. The van der Waals surface area contributed by atoms with E-state index in [9.17, 15) is 4.39 Å². The van der Waals surface area contributed by atoms with Gasteiger partial charge < -0.3 is 9.74 Å². The Bertz CT molecular complexity index is 1070. The van der Waals surface area contributed by atoms with E-state index in [-0.39, 0.29) is 5.82 Å². The lowest BCUT2D eigenvalue weighted by molar-refractivity contribution is 0.200. The van der Waals surface area contributed by atoms with Crippen molar-refractivity contribution in [3.8, 4) is 0 Å². The lowest BCUT2D eigenvalue weighted by atomic mass is 10.0. The summed E-state index contributed by atoms with van der Waals surface area (Å²) in [6.45, 7) is 11.9. The zero-order valence-corrected chi connectivity index (χ0v) is 16.8. The quantitative estimate of drug-likeness (QED) is 0.605. The molecule has 2 heterocycles. The van der Waals surface area contributed by atoms with Gasteiger partial charge in [0.15, 0.2) is 5.82 Å². The van der Waals surface area contributed by atoms with E-state index in [1.165, 1.54) is 11.6 Å². The Hall–Kier alpha value is -3.04. The third kappa shape index (κ3) is 3.92. The third-order valence-corrected chi connectivity index (χ3v) is 5.87. The fourth-order valence-electron chi connectivity index (χ4n) is 4.14. The fourth-order valence-corrected chi connectivity index (χ4v) is 4.14. The van der Waals surface area contributed by atoms with Gasteiger partial charge in [0.1, 0.15) is 5.82 Å². The molecule has 0 atom stereocenters. The number of nitrogens with zero attached hydrogens (tertiary/aromatic N) is 5. The van der Waals surface area contributed by atoms with Crippen molar-refractivity contribution in [2.45, 2.75) is 32.4 Å². The zero-order chi connectivity index (χ0) is 20.4.